The number of carbonyl (C=O) groups is 1. The maximum Gasteiger partial charge on any atom is 0.120 e. The molecule has 80 valence electrons. The van der Waals surface area contributed by atoms with Gasteiger partial charge in [-0.3, -0.25) is 0 Å². The number of hydrogen-bond donors (Lipinski definition) is 0. The summed E-state index contributed by atoms with van der Waals surface area (Å²) in [6.45, 7) is 4.07. The van der Waals surface area contributed by atoms with Crippen molar-refractivity contribution >= 4 is 17.9 Å². The van der Waals surface area contributed by atoms with Gasteiger partial charge < -0.3 is 15.0 Å². The maximum absolute atomic E-state index is 8.81. The van der Waals surface area contributed by atoms with Gasteiger partial charge in [-0.15, -0.1) is 0 Å². The molecule has 1 rings (SSSR count). The molecule has 0 heterocycles. The Morgan fingerprint density at radius 2 is 2.07 bits per heavy atom. The molecule has 0 aromatic heterocycles. The van der Waals surface area contributed by atoms with E-state index >= 15 is 0 Å². The van der Waals surface area contributed by atoms with Gasteiger partial charge in [-0.05, 0) is 32.0 Å². The highest BCUT2D eigenvalue weighted by Crippen LogP contribution is 2.16. The fourth-order valence-corrected chi connectivity index (χ4v) is 0.904. The summed E-state index contributed by atoms with van der Waals surface area (Å²) in [4.78, 5) is 8.81. The molecule has 3 nitrogen and oxygen atoms in total. The number of hydrogen-bond acceptors (Lipinski definition) is 2. The van der Waals surface area contributed by atoms with Gasteiger partial charge in [-0.25, -0.2) is 0 Å². The Labute approximate surface area is 89.0 Å². The molecule has 0 atom stereocenters. The molecule has 2 N–H and O–H groups in total. The zero-order valence-corrected chi connectivity index (χ0v) is 9.04. The summed E-state index contributed by atoms with van der Waals surface area (Å²) in [6, 6.07) is 7.37. The third-order valence-corrected chi connectivity index (χ3v) is 1.34. The largest absolute Gasteiger partial charge is 0.494 e. The van der Waals surface area contributed by atoms with Crippen molar-refractivity contribution in [1.29, 1.82) is 0 Å². The molecule has 0 amide bonds. The molecule has 0 aliphatic heterocycles. The van der Waals surface area contributed by atoms with E-state index in [9.17, 15) is 0 Å². The summed E-state index contributed by atoms with van der Waals surface area (Å²) in [7, 11) is 0. The minimum atomic E-state index is 0. The highest BCUT2D eigenvalue weighted by molar-refractivity contribution is 6.30. The van der Waals surface area contributed by atoms with Crippen LogP contribution in [0, 0.1) is 0 Å². The van der Waals surface area contributed by atoms with Crippen LogP contribution in [-0.4, -0.2) is 18.4 Å². The fraction of sp³-hybridized carbons (Fsp3) is 0.300. The molecule has 0 unspecified atom stereocenters. The predicted molar refractivity (Wildman–Crippen MR) is 58.0 cm³/mol. The zero-order chi connectivity index (χ0) is 10.1. The van der Waals surface area contributed by atoms with Crippen molar-refractivity contribution in [2.45, 2.75) is 13.8 Å². The normalized spacial score (nSPS) is 7.64. The molecular formula is C10H15ClO3. The molecule has 1 aromatic rings. The second kappa shape index (κ2) is 10.0. The van der Waals surface area contributed by atoms with Crippen molar-refractivity contribution in [3.05, 3.63) is 29.3 Å². The predicted octanol–water partition coefficient (Wildman–Crippen LogP) is 2.12. The highest BCUT2D eigenvalue weighted by Gasteiger charge is 1.90. The first-order valence-corrected chi connectivity index (χ1v) is 4.40. The van der Waals surface area contributed by atoms with Gasteiger partial charge in [0.25, 0.3) is 0 Å². The summed E-state index contributed by atoms with van der Waals surface area (Å²) in [5.74, 6) is 0.829. The van der Waals surface area contributed by atoms with Crippen LogP contribution in [0.5, 0.6) is 5.75 Å². The van der Waals surface area contributed by atoms with Gasteiger partial charge in [0.15, 0.2) is 0 Å². The molecule has 1 aromatic carbocycles. The second-order valence-corrected chi connectivity index (χ2v) is 2.56. The Balaban J connectivity index is 0. The highest BCUT2D eigenvalue weighted by atomic mass is 35.5. The number of halogens is 1. The molecule has 4 heteroatoms. The second-order valence-electron chi connectivity index (χ2n) is 2.13. The third kappa shape index (κ3) is 7.58. The number of ether oxygens (including phenoxy) is 1. The minimum Gasteiger partial charge on any atom is -0.494 e. The average molecular weight is 219 g/mol. The van der Waals surface area contributed by atoms with E-state index in [2.05, 4.69) is 0 Å². The summed E-state index contributed by atoms with van der Waals surface area (Å²) in [5.41, 5.74) is 0. The standard InChI is InChI=1S/C8H9ClO.C2H4O.H2O/c1-2-10-8-5-3-4-7(9)6-8;1-2-3;/h3-6H,2H2,1H3;2H,1H3;1H2. The van der Waals surface area contributed by atoms with Crippen molar-refractivity contribution in [2.75, 3.05) is 6.61 Å². The van der Waals surface area contributed by atoms with E-state index in [1.54, 1.807) is 6.07 Å². The van der Waals surface area contributed by atoms with Crippen molar-refractivity contribution in [1.82, 2.24) is 0 Å². The van der Waals surface area contributed by atoms with E-state index in [-0.39, 0.29) is 5.48 Å². The van der Waals surface area contributed by atoms with Crippen LogP contribution in [0.2, 0.25) is 5.02 Å². The molecular weight excluding hydrogens is 204 g/mol. The lowest BCUT2D eigenvalue weighted by Crippen LogP contribution is -1.89. The van der Waals surface area contributed by atoms with Crippen LogP contribution in [-0.2, 0) is 4.79 Å². The van der Waals surface area contributed by atoms with Gasteiger partial charge in [-0.2, -0.15) is 0 Å². The molecule has 0 aliphatic rings. The minimum absolute atomic E-state index is 0. The average Bonchev–Trinajstić information content (AvgIpc) is 2.06. The topological polar surface area (TPSA) is 57.8 Å². The van der Waals surface area contributed by atoms with Crippen LogP contribution in [0.1, 0.15) is 13.8 Å². The first-order valence-electron chi connectivity index (χ1n) is 4.02. The van der Waals surface area contributed by atoms with Gasteiger partial charge >= 0.3 is 0 Å². The Bertz CT molecular complexity index is 251. The molecule has 0 saturated carbocycles. The van der Waals surface area contributed by atoms with Crippen molar-refractivity contribution in [2.24, 2.45) is 0 Å². The molecule has 0 spiro atoms. The van der Waals surface area contributed by atoms with E-state index in [0.717, 1.165) is 12.0 Å². The molecule has 0 bridgehead atoms. The number of benzene rings is 1. The molecule has 0 aliphatic carbocycles. The fourth-order valence-electron chi connectivity index (χ4n) is 0.723. The van der Waals surface area contributed by atoms with Crippen LogP contribution >= 0.6 is 11.6 Å². The lowest BCUT2D eigenvalue weighted by atomic mass is 10.3. The summed E-state index contributed by atoms with van der Waals surface area (Å²) in [5, 5.41) is 0.714. The number of carbonyl (C=O) groups excluding carboxylic acids is 1. The summed E-state index contributed by atoms with van der Waals surface area (Å²) in [6.07, 6.45) is 0.750. The van der Waals surface area contributed by atoms with E-state index in [1.165, 1.54) is 6.92 Å². The van der Waals surface area contributed by atoms with Crippen molar-refractivity contribution < 1.29 is 15.0 Å². The SMILES string of the molecule is CC=O.CCOc1cccc(Cl)c1.O. The Morgan fingerprint density at radius 3 is 2.50 bits per heavy atom. The lowest BCUT2D eigenvalue weighted by molar-refractivity contribution is -0.106. The van der Waals surface area contributed by atoms with Gasteiger partial charge in [0.2, 0.25) is 0 Å². The number of rotatable bonds is 2. The van der Waals surface area contributed by atoms with Crippen LogP contribution in [0.3, 0.4) is 0 Å². The van der Waals surface area contributed by atoms with Crippen LogP contribution in [0.15, 0.2) is 24.3 Å². The van der Waals surface area contributed by atoms with Gasteiger partial charge in [0.05, 0.1) is 6.61 Å². The van der Waals surface area contributed by atoms with Crippen molar-refractivity contribution in [3.63, 3.8) is 0 Å². The molecule has 0 radical (unpaired) electrons. The lowest BCUT2D eigenvalue weighted by Gasteiger charge is -2.00. The van der Waals surface area contributed by atoms with Crippen LogP contribution < -0.4 is 4.74 Å². The Morgan fingerprint density at radius 1 is 1.50 bits per heavy atom. The molecule has 0 saturated heterocycles. The third-order valence-electron chi connectivity index (χ3n) is 1.11. The quantitative estimate of drug-likeness (QED) is 0.714. The van der Waals surface area contributed by atoms with E-state index in [0.29, 0.717) is 11.6 Å². The van der Waals surface area contributed by atoms with E-state index in [1.807, 2.05) is 25.1 Å². The van der Waals surface area contributed by atoms with Gasteiger partial charge in [0, 0.05) is 5.02 Å². The molecule has 0 fully saturated rings. The first kappa shape index (κ1) is 15.4. The Hall–Kier alpha value is -1.06. The monoisotopic (exact) mass is 218 g/mol. The van der Waals surface area contributed by atoms with E-state index in [4.69, 9.17) is 21.1 Å². The van der Waals surface area contributed by atoms with Crippen LogP contribution in [0.25, 0.3) is 0 Å². The van der Waals surface area contributed by atoms with Crippen molar-refractivity contribution in [3.8, 4) is 5.75 Å². The maximum atomic E-state index is 8.81. The van der Waals surface area contributed by atoms with Gasteiger partial charge in [0.1, 0.15) is 12.0 Å². The Kier molecular flexibility index (Phi) is 11.0. The van der Waals surface area contributed by atoms with Crippen LogP contribution in [0.4, 0.5) is 0 Å². The molecule has 14 heavy (non-hydrogen) atoms. The van der Waals surface area contributed by atoms with E-state index < -0.39 is 0 Å². The number of aldehydes is 1. The summed E-state index contributed by atoms with van der Waals surface area (Å²) < 4.78 is 5.20. The zero-order valence-electron chi connectivity index (χ0n) is 8.29. The first-order chi connectivity index (χ1) is 6.24. The summed E-state index contributed by atoms with van der Waals surface area (Å²) >= 11 is 5.70. The smallest absolute Gasteiger partial charge is 0.120 e. The van der Waals surface area contributed by atoms with Gasteiger partial charge in [-0.1, -0.05) is 17.7 Å².